The molecule has 7 heteroatoms. The van der Waals surface area contributed by atoms with Gasteiger partial charge < -0.3 is 5.32 Å². The Balaban J connectivity index is 1.61. The van der Waals surface area contributed by atoms with Crippen molar-refractivity contribution >= 4 is 15.7 Å². The summed E-state index contributed by atoms with van der Waals surface area (Å²) >= 11 is 0. The van der Waals surface area contributed by atoms with Crippen LogP contribution in [-0.4, -0.2) is 36.9 Å². The summed E-state index contributed by atoms with van der Waals surface area (Å²) in [7, 11) is -3.45. The van der Waals surface area contributed by atoms with Gasteiger partial charge in [0.25, 0.3) is 5.91 Å². The standard InChI is InChI=1S/C19H19N3O3S/c1-26(24,25)18-6-3-2-5-17(18)19(23)20-13-11-15-7-9-16(10-8-15)22-14-4-12-21-22/h2-10,12,14H,11,13H2,1H3,(H,20,23). The van der Waals surface area contributed by atoms with Crippen LogP contribution in [0.4, 0.5) is 0 Å². The van der Waals surface area contributed by atoms with Gasteiger partial charge in [0.1, 0.15) is 0 Å². The van der Waals surface area contributed by atoms with Crippen LogP contribution in [0.1, 0.15) is 15.9 Å². The van der Waals surface area contributed by atoms with Gasteiger partial charge in [-0.1, -0.05) is 24.3 Å². The van der Waals surface area contributed by atoms with Gasteiger partial charge >= 0.3 is 0 Å². The molecule has 0 saturated heterocycles. The minimum atomic E-state index is -3.45. The van der Waals surface area contributed by atoms with Gasteiger partial charge in [-0.3, -0.25) is 4.79 Å². The van der Waals surface area contributed by atoms with Gasteiger partial charge in [-0.15, -0.1) is 0 Å². The average molecular weight is 369 g/mol. The maximum absolute atomic E-state index is 12.3. The first kappa shape index (κ1) is 17.9. The SMILES string of the molecule is CS(=O)(=O)c1ccccc1C(=O)NCCc1ccc(-n2cccn2)cc1. The van der Waals surface area contributed by atoms with Crippen molar-refractivity contribution in [2.45, 2.75) is 11.3 Å². The van der Waals surface area contributed by atoms with Crippen LogP contribution in [-0.2, 0) is 16.3 Å². The van der Waals surface area contributed by atoms with E-state index in [0.29, 0.717) is 13.0 Å². The van der Waals surface area contributed by atoms with Crippen LogP contribution in [0.25, 0.3) is 5.69 Å². The zero-order valence-electron chi connectivity index (χ0n) is 14.3. The molecule has 0 fully saturated rings. The molecule has 0 unspecified atom stereocenters. The van der Waals surface area contributed by atoms with Crippen molar-refractivity contribution in [3.8, 4) is 5.69 Å². The van der Waals surface area contributed by atoms with E-state index in [4.69, 9.17) is 0 Å². The molecule has 0 aliphatic heterocycles. The van der Waals surface area contributed by atoms with Crippen LogP contribution in [0, 0.1) is 0 Å². The highest BCUT2D eigenvalue weighted by Crippen LogP contribution is 2.15. The monoisotopic (exact) mass is 369 g/mol. The van der Waals surface area contributed by atoms with Crippen LogP contribution in [0.15, 0.2) is 71.9 Å². The van der Waals surface area contributed by atoms with Crippen molar-refractivity contribution in [1.29, 1.82) is 0 Å². The van der Waals surface area contributed by atoms with Gasteiger partial charge in [-0.25, -0.2) is 13.1 Å². The number of rotatable bonds is 6. The molecule has 134 valence electrons. The average Bonchev–Trinajstić information content (AvgIpc) is 3.16. The predicted octanol–water partition coefficient (Wildman–Crippen LogP) is 2.25. The molecule has 0 spiro atoms. The first-order valence-corrected chi connectivity index (χ1v) is 10.0. The lowest BCUT2D eigenvalue weighted by atomic mass is 10.1. The number of aromatic nitrogens is 2. The Labute approximate surface area is 152 Å². The smallest absolute Gasteiger partial charge is 0.252 e. The summed E-state index contributed by atoms with van der Waals surface area (Å²) in [6.07, 6.45) is 5.33. The van der Waals surface area contributed by atoms with Crippen molar-refractivity contribution in [3.63, 3.8) is 0 Å². The van der Waals surface area contributed by atoms with E-state index in [9.17, 15) is 13.2 Å². The molecular weight excluding hydrogens is 350 g/mol. The van der Waals surface area contributed by atoms with E-state index in [1.807, 2.05) is 36.5 Å². The summed E-state index contributed by atoms with van der Waals surface area (Å²) in [5.41, 5.74) is 2.20. The molecule has 1 heterocycles. The number of hydrogen-bond acceptors (Lipinski definition) is 4. The lowest BCUT2D eigenvalue weighted by molar-refractivity contribution is 0.0951. The number of carbonyl (C=O) groups excluding carboxylic acids is 1. The number of hydrogen-bond donors (Lipinski definition) is 1. The molecule has 3 aromatic rings. The topological polar surface area (TPSA) is 81.1 Å². The third-order valence-electron chi connectivity index (χ3n) is 3.94. The number of carbonyl (C=O) groups is 1. The Morgan fingerprint density at radius 2 is 1.81 bits per heavy atom. The third-order valence-corrected chi connectivity index (χ3v) is 5.09. The Morgan fingerprint density at radius 3 is 2.46 bits per heavy atom. The van der Waals surface area contributed by atoms with E-state index in [1.165, 1.54) is 12.1 Å². The summed E-state index contributed by atoms with van der Waals surface area (Å²) in [6.45, 7) is 0.415. The molecule has 3 rings (SSSR count). The van der Waals surface area contributed by atoms with Crippen molar-refractivity contribution in [2.24, 2.45) is 0 Å². The summed E-state index contributed by atoms with van der Waals surface area (Å²) in [5.74, 6) is -0.390. The van der Waals surface area contributed by atoms with Gasteiger partial charge in [0, 0.05) is 25.2 Å². The fraction of sp³-hybridized carbons (Fsp3) is 0.158. The van der Waals surface area contributed by atoms with E-state index < -0.39 is 9.84 Å². The molecule has 0 radical (unpaired) electrons. The predicted molar refractivity (Wildman–Crippen MR) is 99.2 cm³/mol. The lowest BCUT2D eigenvalue weighted by Gasteiger charge is -2.09. The van der Waals surface area contributed by atoms with Gasteiger partial charge in [0.15, 0.2) is 9.84 Å². The van der Waals surface area contributed by atoms with Gasteiger partial charge in [0.05, 0.1) is 16.1 Å². The second-order valence-electron chi connectivity index (χ2n) is 5.89. The molecule has 1 aromatic heterocycles. The largest absolute Gasteiger partial charge is 0.352 e. The Morgan fingerprint density at radius 1 is 1.08 bits per heavy atom. The highest BCUT2D eigenvalue weighted by Gasteiger charge is 2.17. The Bertz CT molecular complexity index is 995. The molecular formula is C19H19N3O3S. The second kappa shape index (κ2) is 7.53. The van der Waals surface area contributed by atoms with Crippen LogP contribution in [0.3, 0.4) is 0 Å². The Hall–Kier alpha value is -2.93. The number of benzene rings is 2. The van der Waals surface area contributed by atoms with Crippen molar-refractivity contribution in [2.75, 3.05) is 12.8 Å². The van der Waals surface area contributed by atoms with Gasteiger partial charge in [-0.2, -0.15) is 5.10 Å². The zero-order chi connectivity index (χ0) is 18.6. The van der Waals surface area contributed by atoms with E-state index in [0.717, 1.165) is 17.5 Å². The van der Waals surface area contributed by atoms with E-state index in [1.54, 1.807) is 23.0 Å². The molecule has 2 aromatic carbocycles. The number of nitrogens with one attached hydrogen (secondary N) is 1. The summed E-state index contributed by atoms with van der Waals surface area (Å²) in [6, 6.07) is 16.0. The summed E-state index contributed by atoms with van der Waals surface area (Å²) in [4.78, 5) is 12.4. The fourth-order valence-electron chi connectivity index (χ4n) is 2.63. The molecule has 26 heavy (non-hydrogen) atoms. The van der Waals surface area contributed by atoms with Crippen LogP contribution >= 0.6 is 0 Å². The minimum absolute atomic E-state index is 0.0427. The van der Waals surface area contributed by atoms with Crippen molar-refractivity contribution in [1.82, 2.24) is 15.1 Å². The number of sulfone groups is 1. The van der Waals surface area contributed by atoms with E-state index >= 15 is 0 Å². The molecule has 0 aliphatic rings. The molecule has 0 saturated carbocycles. The first-order valence-electron chi connectivity index (χ1n) is 8.11. The maximum Gasteiger partial charge on any atom is 0.252 e. The summed E-state index contributed by atoms with van der Waals surface area (Å²) in [5, 5.41) is 6.95. The lowest BCUT2D eigenvalue weighted by Crippen LogP contribution is -2.27. The normalized spacial score (nSPS) is 11.3. The molecule has 0 bridgehead atoms. The van der Waals surface area contributed by atoms with Gasteiger partial charge in [0.2, 0.25) is 0 Å². The molecule has 1 N–H and O–H groups in total. The number of nitrogens with zero attached hydrogens (tertiary/aromatic N) is 2. The molecule has 6 nitrogen and oxygen atoms in total. The Kier molecular flexibility index (Phi) is 5.18. The second-order valence-corrected chi connectivity index (χ2v) is 7.88. The van der Waals surface area contributed by atoms with E-state index in [-0.39, 0.29) is 16.4 Å². The zero-order valence-corrected chi connectivity index (χ0v) is 15.1. The van der Waals surface area contributed by atoms with Crippen molar-refractivity contribution < 1.29 is 13.2 Å². The maximum atomic E-state index is 12.3. The summed E-state index contributed by atoms with van der Waals surface area (Å²) < 4.78 is 25.4. The molecule has 1 amide bonds. The van der Waals surface area contributed by atoms with E-state index in [2.05, 4.69) is 10.4 Å². The van der Waals surface area contributed by atoms with Crippen LogP contribution in [0.2, 0.25) is 0 Å². The number of amides is 1. The first-order chi connectivity index (χ1) is 12.4. The molecule has 0 aliphatic carbocycles. The quantitative estimate of drug-likeness (QED) is 0.723. The fourth-order valence-corrected chi connectivity index (χ4v) is 3.52. The van der Waals surface area contributed by atoms with Crippen LogP contribution in [0.5, 0.6) is 0 Å². The molecule has 0 atom stereocenters. The van der Waals surface area contributed by atoms with Gasteiger partial charge in [-0.05, 0) is 42.3 Å². The highest BCUT2D eigenvalue weighted by atomic mass is 32.2. The van der Waals surface area contributed by atoms with Crippen LogP contribution < -0.4 is 5.32 Å². The minimum Gasteiger partial charge on any atom is -0.352 e. The third kappa shape index (κ3) is 4.18. The van der Waals surface area contributed by atoms with Crippen molar-refractivity contribution in [3.05, 3.63) is 78.1 Å². The highest BCUT2D eigenvalue weighted by molar-refractivity contribution is 7.90.